The Bertz CT molecular complexity index is 804. The van der Waals surface area contributed by atoms with Gasteiger partial charge in [-0.05, 0) is 30.9 Å². The maximum absolute atomic E-state index is 12.6. The third kappa shape index (κ3) is 3.63. The molecule has 1 amide bonds. The average molecular weight is 337 g/mol. The molecule has 0 bridgehead atoms. The summed E-state index contributed by atoms with van der Waals surface area (Å²) < 4.78 is 7.87. The molecule has 128 valence electrons. The smallest absolute Gasteiger partial charge is 0.223 e. The largest absolute Gasteiger partial charge is 0.470 e. The number of fused-ring (bicyclic) bond motifs is 1. The Morgan fingerprint density at radius 3 is 2.92 bits per heavy atom. The van der Waals surface area contributed by atoms with E-state index in [0.717, 1.165) is 18.5 Å². The van der Waals surface area contributed by atoms with Crippen molar-refractivity contribution in [1.29, 1.82) is 5.26 Å². The second-order valence-corrected chi connectivity index (χ2v) is 6.66. The van der Waals surface area contributed by atoms with Crippen LogP contribution in [0.3, 0.4) is 0 Å². The van der Waals surface area contributed by atoms with Crippen LogP contribution < -0.4 is 4.74 Å². The highest BCUT2D eigenvalue weighted by molar-refractivity contribution is 5.76. The molecule has 4 rings (SSSR count). The number of carbonyl (C=O) groups is 1. The van der Waals surface area contributed by atoms with Crippen molar-refractivity contribution in [1.82, 2.24) is 19.7 Å². The lowest BCUT2D eigenvalue weighted by Crippen LogP contribution is -2.38. The first-order valence-corrected chi connectivity index (χ1v) is 8.52. The summed E-state index contributed by atoms with van der Waals surface area (Å²) in [6.45, 7) is 1.64. The van der Waals surface area contributed by atoms with Gasteiger partial charge in [0.05, 0.1) is 30.9 Å². The monoisotopic (exact) mass is 337 g/mol. The summed E-state index contributed by atoms with van der Waals surface area (Å²) in [7, 11) is 0. The zero-order valence-electron chi connectivity index (χ0n) is 13.8. The Labute approximate surface area is 145 Å². The molecule has 0 N–H and O–H groups in total. The molecule has 0 unspecified atom stereocenters. The van der Waals surface area contributed by atoms with E-state index in [1.165, 1.54) is 6.20 Å². The summed E-state index contributed by atoms with van der Waals surface area (Å²) in [5, 5.41) is 13.2. The van der Waals surface area contributed by atoms with Crippen LogP contribution >= 0.6 is 0 Å². The average Bonchev–Trinajstić information content (AvgIpc) is 3.36. The van der Waals surface area contributed by atoms with Crippen LogP contribution in [0.4, 0.5) is 0 Å². The first kappa shape index (κ1) is 15.6. The van der Waals surface area contributed by atoms with Crippen LogP contribution in [-0.4, -0.2) is 38.2 Å². The van der Waals surface area contributed by atoms with E-state index < -0.39 is 0 Å². The Hall–Kier alpha value is -2.88. The van der Waals surface area contributed by atoms with Gasteiger partial charge in [-0.25, -0.2) is 4.98 Å². The molecule has 25 heavy (non-hydrogen) atoms. The molecule has 2 aromatic heterocycles. The molecule has 0 saturated heterocycles. The van der Waals surface area contributed by atoms with E-state index in [1.54, 1.807) is 18.3 Å². The SMILES string of the molecule is N#Cc1ccc(O[C@H]2CN(C(=O)CC3CC3)Cc3ccnn3C2)nc1. The third-order valence-electron chi connectivity index (χ3n) is 4.62. The zero-order valence-corrected chi connectivity index (χ0v) is 13.8. The maximum atomic E-state index is 12.6. The number of rotatable bonds is 4. The quantitative estimate of drug-likeness (QED) is 0.848. The molecule has 2 aliphatic rings. The minimum Gasteiger partial charge on any atom is -0.470 e. The molecule has 0 radical (unpaired) electrons. The van der Waals surface area contributed by atoms with E-state index in [1.807, 2.05) is 21.7 Å². The lowest BCUT2D eigenvalue weighted by molar-refractivity contribution is -0.133. The summed E-state index contributed by atoms with van der Waals surface area (Å²) >= 11 is 0. The normalized spacial score (nSPS) is 19.6. The summed E-state index contributed by atoms with van der Waals surface area (Å²) in [5.74, 6) is 1.19. The van der Waals surface area contributed by atoms with Crippen molar-refractivity contribution in [3.8, 4) is 11.9 Å². The first-order valence-electron chi connectivity index (χ1n) is 8.52. The highest BCUT2D eigenvalue weighted by Crippen LogP contribution is 2.33. The van der Waals surface area contributed by atoms with E-state index in [4.69, 9.17) is 10.00 Å². The standard InChI is InChI=1S/C18H19N5O2/c19-8-14-3-4-17(20-9-14)25-16-11-22(18(24)7-13-1-2-13)10-15-5-6-21-23(15)12-16/h3-6,9,13,16H,1-2,7,10-12H2/t16-/m0/s1. The Morgan fingerprint density at radius 1 is 1.32 bits per heavy atom. The van der Waals surface area contributed by atoms with E-state index in [2.05, 4.69) is 10.1 Å². The molecular formula is C18H19N5O2. The molecule has 1 aliphatic carbocycles. The predicted octanol–water partition coefficient (Wildman–Crippen LogP) is 1.74. The molecule has 0 aromatic carbocycles. The molecular weight excluding hydrogens is 318 g/mol. The van der Waals surface area contributed by atoms with Crippen LogP contribution in [0.2, 0.25) is 0 Å². The van der Waals surface area contributed by atoms with Crippen LogP contribution in [0.15, 0.2) is 30.6 Å². The predicted molar refractivity (Wildman–Crippen MR) is 88.4 cm³/mol. The van der Waals surface area contributed by atoms with Crippen LogP contribution in [0.1, 0.15) is 30.5 Å². The molecule has 2 aromatic rings. The van der Waals surface area contributed by atoms with Crippen LogP contribution in [-0.2, 0) is 17.9 Å². The Morgan fingerprint density at radius 2 is 2.20 bits per heavy atom. The molecule has 1 aliphatic heterocycles. The number of pyridine rings is 1. The molecule has 0 spiro atoms. The number of ether oxygens (including phenoxy) is 1. The number of hydrogen-bond donors (Lipinski definition) is 0. The van der Waals surface area contributed by atoms with Gasteiger partial charge in [0.1, 0.15) is 12.2 Å². The van der Waals surface area contributed by atoms with Crippen LogP contribution in [0.5, 0.6) is 5.88 Å². The Balaban J connectivity index is 1.51. The maximum Gasteiger partial charge on any atom is 0.223 e. The number of carbonyl (C=O) groups excluding carboxylic acids is 1. The molecule has 7 nitrogen and oxygen atoms in total. The molecule has 1 saturated carbocycles. The third-order valence-corrected chi connectivity index (χ3v) is 4.62. The summed E-state index contributed by atoms with van der Waals surface area (Å²) in [4.78, 5) is 18.6. The summed E-state index contributed by atoms with van der Waals surface area (Å²) in [6, 6.07) is 7.34. The summed E-state index contributed by atoms with van der Waals surface area (Å²) in [5.41, 5.74) is 1.51. The van der Waals surface area contributed by atoms with Gasteiger partial charge in [-0.15, -0.1) is 0 Å². The number of amides is 1. The van der Waals surface area contributed by atoms with Crippen molar-refractivity contribution >= 4 is 5.91 Å². The highest BCUT2D eigenvalue weighted by Gasteiger charge is 2.31. The Kier molecular flexibility index (Phi) is 4.10. The second-order valence-electron chi connectivity index (χ2n) is 6.66. The number of nitriles is 1. The molecule has 3 heterocycles. The van der Waals surface area contributed by atoms with Crippen molar-refractivity contribution in [2.45, 2.75) is 38.5 Å². The van der Waals surface area contributed by atoms with Gasteiger partial charge in [-0.1, -0.05) is 0 Å². The van der Waals surface area contributed by atoms with E-state index in [0.29, 0.717) is 43.4 Å². The van der Waals surface area contributed by atoms with Gasteiger partial charge >= 0.3 is 0 Å². The van der Waals surface area contributed by atoms with Gasteiger partial charge < -0.3 is 9.64 Å². The van der Waals surface area contributed by atoms with Gasteiger partial charge in [0.2, 0.25) is 11.8 Å². The minimum absolute atomic E-state index is 0.179. The van der Waals surface area contributed by atoms with Crippen molar-refractivity contribution < 1.29 is 9.53 Å². The fourth-order valence-electron chi connectivity index (χ4n) is 3.06. The molecule has 7 heteroatoms. The van der Waals surface area contributed by atoms with Gasteiger partial charge in [0, 0.05) is 24.9 Å². The van der Waals surface area contributed by atoms with Crippen LogP contribution in [0.25, 0.3) is 0 Å². The minimum atomic E-state index is -0.232. The van der Waals surface area contributed by atoms with E-state index in [9.17, 15) is 4.79 Å². The van der Waals surface area contributed by atoms with Crippen molar-refractivity contribution in [3.05, 3.63) is 41.9 Å². The fraction of sp³-hybridized carbons (Fsp3) is 0.444. The van der Waals surface area contributed by atoms with Gasteiger partial charge in [0.25, 0.3) is 0 Å². The topological polar surface area (TPSA) is 84.0 Å². The van der Waals surface area contributed by atoms with Crippen molar-refractivity contribution in [2.75, 3.05) is 6.54 Å². The lowest BCUT2D eigenvalue weighted by atomic mass is 10.2. The van der Waals surface area contributed by atoms with Crippen LogP contribution in [0, 0.1) is 17.2 Å². The summed E-state index contributed by atoms with van der Waals surface area (Å²) in [6.07, 6.45) is 5.95. The fourth-order valence-corrected chi connectivity index (χ4v) is 3.06. The molecule has 1 fully saturated rings. The van der Waals surface area contributed by atoms with Crippen molar-refractivity contribution in [3.63, 3.8) is 0 Å². The van der Waals surface area contributed by atoms with Crippen molar-refractivity contribution in [2.24, 2.45) is 5.92 Å². The number of hydrogen-bond acceptors (Lipinski definition) is 5. The van der Waals surface area contributed by atoms with Gasteiger partial charge in [0.15, 0.2) is 0 Å². The number of aromatic nitrogens is 3. The number of nitrogens with zero attached hydrogens (tertiary/aromatic N) is 5. The van der Waals surface area contributed by atoms with E-state index >= 15 is 0 Å². The zero-order chi connectivity index (χ0) is 17.2. The second kappa shape index (κ2) is 6.55. The first-order chi connectivity index (χ1) is 12.2. The lowest BCUT2D eigenvalue weighted by Gasteiger charge is -2.24. The molecule has 1 atom stereocenters. The highest BCUT2D eigenvalue weighted by atomic mass is 16.5. The van der Waals surface area contributed by atoms with E-state index in [-0.39, 0.29) is 12.0 Å². The van der Waals surface area contributed by atoms with Gasteiger partial charge in [-0.2, -0.15) is 10.4 Å². The van der Waals surface area contributed by atoms with Gasteiger partial charge in [-0.3, -0.25) is 9.48 Å².